The fraction of sp³-hybridized carbons (Fsp3) is 0.480. The number of non-ortho nitro benzene ring substituents is 1. The van der Waals surface area contributed by atoms with Gasteiger partial charge in [-0.05, 0) is 53.6 Å². The van der Waals surface area contributed by atoms with Crippen LogP contribution < -0.4 is 5.32 Å². The first kappa shape index (κ1) is 21.5. The van der Waals surface area contributed by atoms with Crippen LogP contribution in [0.5, 0.6) is 0 Å². The predicted octanol–water partition coefficient (Wildman–Crippen LogP) is 5.97. The standard InChI is InChI=1S/C25H30N2O4/c28-25(24-16-21(17-31-24)18-6-4-2-1-3-5-7-18)26-22-12-8-19(9-13-22)20-10-14-23(15-11-20)27(29)30/h8-15,18,21,24H,1-7,16-17H2,(H,26,28). The molecule has 1 saturated carbocycles. The highest BCUT2D eigenvalue weighted by molar-refractivity contribution is 5.94. The van der Waals surface area contributed by atoms with Gasteiger partial charge < -0.3 is 10.1 Å². The van der Waals surface area contributed by atoms with Gasteiger partial charge in [-0.25, -0.2) is 0 Å². The van der Waals surface area contributed by atoms with Crippen molar-refractivity contribution in [2.45, 2.75) is 57.5 Å². The van der Waals surface area contributed by atoms with Crippen LogP contribution in [0, 0.1) is 22.0 Å². The minimum Gasteiger partial charge on any atom is -0.368 e. The first-order valence-corrected chi connectivity index (χ1v) is 11.4. The van der Waals surface area contributed by atoms with Crippen molar-refractivity contribution >= 4 is 17.3 Å². The number of nitrogens with zero attached hydrogens (tertiary/aromatic N) is 1. The number of rotatable bonds is 5. The van der Waals surface area contributed by atoms with Crippen LogP contribution in [0.3, 0.4) is 0 Å². The van der Waals surface area contributed by atoms with Gasteiger partial charge in [-0.2, -0.15) is 0 Å². The van der Waals surface area contributed by atoms with Crippen LogP contribution in [-0.2, 0) is 9.53 Å². The van der Waals surface area contributed by atoms with E-state index in [0.717, 1.165) is 23.2 Å². The van der Waals surface area contributed by atoms with E-state index in [9.17, 15) is 14.9 Å². The number of anilines is 1. The third-order valence-electron chi connectivity index (χ3n) is 6.70. The highest BCUT2D eigenvalue weighted by Crippen LogP contribution is 2.35. The fourth-order valence-corrected chi connectivity index (χ4v) is 4.87. The smallest absolute Gasteiger partial charge is 0.269 e. The van der Waals surface area contributed by atoms with E-state index in [2.05, 4.69) is 5.32 Å². The van der Waals surface area contributed by atoms with Crippen molar-refractivity contribution in [3.8, 4) is 11.1 Å². The summed E-state index contributed by atoms with van der Waals surface area (Å²) in [5.74, 6) is 1.12. The van der Waals surface area contributed by atoms with E-state index in [1.165, 1.54) is 57.1 Å². The van der Waals surface area contributed by atoms with E-state index in [-0.39, 0.29) is 17.7 Å². The molecule has 0 bridgehead atoms. The Bertz CT molecular complexity index is 887. The maximum atomic E-state index is 12.7. The normalized spacial score (nSPS) is 22.5. The highest BCUT2D eigenvalue weighted by Gasteiger charge is 2.35. The molecule has 2 fully saturated rings. The van der Waals surface area contributed by atoms with Gasteiger partial charge in [0, 0.05) is 17.8 Å². The van der Waals surface area contributed by atoms with Gasteiger partial charge in [0.25, 0.3) is 11.6 Å². The van der Waals surface area contributed by atoms with Crippen LogP contribution in [0.2, 0.25) is 0 Å². The molecule has 6 heteroatoms. The van der Waals surface area contributed by atoms with Crippen molar-refractivity contribution < 1.29 is 14.5 Å². The van der Waals surface area contributed by atoms with Crippen molar-refractivity contribution in [2.24, 2.45) is 11.8 Å². The van der Waals surface area contributed by atoms with E-state index < -0.39 is 4.92 Å². The zero-order chi connectivity index (χ0) is 21.6. The number of benzene rings is 2. The number of nitro benzene ring substituents is 1. The molecule has 164 valence electrons. The Morgan fingerprint density at radius 3 is 2.06 bits per heavy atom. The lowest BCUT2D eigenvalue weighted by atomic mass is 9.80. The molecule has 2 unspecified atom stereocenters. The Labute approximate surface area is 183 Å². The average Bonchev–Trinajstić information content (AvgIpc) is 3.24. The van der Waals surface area contributed by atoms with Crippen molar-refractivity contribution in [1.82, 2.24) is 0 Å². The van der Waals surface area contributed by atoms with Crippen molar-refractivity contribution in [2.75, 3.05) is 11.9 Å². The molecule has 1 heterocycles. The lowest BCUT2D eigenvalue weighted by Gasteiger charge is -2.24. The summed E-state index contributed by atoms with van der Waals surface area (Å²) in [6.07, 6.45) is 9.63. The number of carbonyl (C=O) groups is 1. The molecule has 31 heavy (non-hydrogen) atoms. The minimum absolute atomic E-state index is 0.0712. The molecular formula is C25H30N2O4. The Kier molecular flexibility index (Phi) is 6.97. The summed E-state index contributed by atoms with van der Waals surface area (Å²) in [7, 11) is 0. The second-order valence-corrected chi connectivity index (χ2v) is 8.79. The van der Waals surface area contributed by atoms with E-state index in [1.807, 2.05) is 24.3 Å². The molecule has 0 spiro atoms. The Morgan fingerprint density at radius 2 is 1.45 bits per heavy atom. The summed E-state index contributed by atoms with van der Waals surface area (Å²) < 4.78 is 5.88. The van der Waals surface area contributed by atoms with Crippen LogP contribution in [-0.4, -0.2) is 23.5 Å². The van der Waals surface area contributed by atoms with E-state index in [4.69, 9.17) is 4.74 Å². The summed E-state index contributed by atoms with van der Waals surface area (Å²) in [4.78, 5) is 23.1. The van der Waals surface area contributed by atoms with Gasteiger partial charge in [0.15, 0.2) is 0 Å². The highest BCUT2D eigenvalue weighted by atomic mass is 16.6. The van der Waals surface area contributed by atoms with Crippen molar-refractivity contribution in [3.05, 3.63) is 58.6 Å². The molecular weight excluding hydrogens is 392 g/mol. The number of ether oxygens (including phenoxy) is 1. The topological polar surface area (TPSA) is 81.5 Å². The zero-order valence-electron chi connectivity index (χ0n) is 17.8. The van der Waals surface area contributed by atoms with Crippen LogP contribution in [0.4, 0.5) is 11.4 Å². The van der Waals surface area contributed by atoms with E-state index in [0.29, 0.717) is 18.4 Å². The van der Waals surface area contributed by atoms with Crippen molar-refractivity contribution in [3.63, 3.8) is 0 Å². The second-order valence-electron chi connectivity index (χ2n) is 8.79. The number of hydrogen-bond acceptors (Lipinski definition) is 4. The molecule has 2 aromatic rings. The fourth-order valence-electron chi connectivity index (χ4n) is 4.87. The molecule has 1 aliphatic heterocycles. The SMILES string of the molecule is O=C(Nc1ccc(-c2ccc([N+](=O)[O-])cc2)cc1)C1CC(C2CCCCCCC2)CO1. The quantitative estimate of drug-likeness (QED) is 0.476. The number of nitro groups is 1. The summed E-state index contributed by atoms with van der Waals surface area (Å²) in [5, 5.41) is 13.8. The molecule has 1 saturated heterocycles. The van der Waals surface area contributed by atoms with Gasteiger partial charge >= 0.3 is 0 Å². The van der Waals surface area contributed by atoms with E-state index >= 15 is 0 Å². The number of nitrogens with one attached hydrogen (secondary N) is 1. The summed E-state index contributed by atoms with van der Waals surface area (Å²) in [6.45, 7) is 0.696. The lowest BCUT2D eigenvalue weighted by Crippen LogP contribution is -2.27. The molecule has 2 aliphatic rings. The van der Waals surface area contributed by atoms with Crippen LogP contribution in [0.25, 0.3) is 11.1 Å². The Hall–Kier alpha value is -2.73. The molecule has 1 N–H and O–H groups in total. The summed E-state index contributed by atoms with van der Waals surface area (Å²) >= 11 is 0. The molecule has 1 aliphatic carbocycles. The van der Waals surface area contributed by atoms with Crippen molar-refractivity contribution in [1.29, 1.82) is 0 Å². The van der Waals surface area contributed by atoms with Crippen LogP contribution >= 0.6 is 0 Å². The van der Waals surface area contributed by atoms with Gasteiger partial charge in [-0.1, -0.05) is 57.1 Å². The maximum absolute atomic E-state index is 12.7. The second kappa shape index (κ2) is 10.1. The minimum atomic E-state index is -0.407. The molecule has 2 atom stereocenters. The van der Waals surface area contributed by atoms with Gasteiger partial charge in [0.05, 0.1) is 11.5 Å². The number of amides is 1. The van der Waals surface area contributed by atoms with E-state index in [1.54, 1.807) is 12.1 Å². The van der Waals surface area contributed by atoms with Crippen LogP contribution in [0.1, 0.15) is 51.4 Å². The Balaban J connectivity index is 1.32. The first-order chi connectivity index (χ1) is 15.1. The summed E-state index contributed by atoms with van der Waals surface area (Å²) in [5.41, 5.74) is 2.63. The summed E-state index contributed by atoms with van der Waals surface area (Å²) in [6, 6.07) is 14.0. The molecule has 2 aromatic carbocycles. The van der Waals surface area contributed by atoms with Crippen LogP contribution in [0.15, 0.2) is 48.5 Å². The maximum Gasteiger partial charge on any atom is 0.269 e. The molecule has 6 nitrogen and oxygen atoms in total. The largest absolute Gasteiger partial charge is 0.368 e. The molecule has 4 rings (SSSR count). The molecule has 0 aromatic heterocycles. The number of carbonyl (C=O) groups excluding carboxylic acids is 1. The van der Waals surface area contributed by atoms with Gasteiger partial charge in [0.1, 0.15) is 6.10 Å². The monoisotopic (exact) mass is 422 g/mol. The van der Waals surface area contributed by atoms with Gasteiger partial charge in [-0.3, -0.25) is 14.9 Å². The molecule has 0 radical (unpaired) electrons. The zero-order valence-corrected chi connectivity index (χ0v) is 17.8. The predicted molar refractivity (Wildman–Crippen MR) is 121 cm³/mol. The van der Waals surface area contributed by atoms with Gasteiger partial charge in [-0.15, -0.1) is 0 Å². The lowest BCUT2D eigenvalue weighted by molar-refractivity contribution is -0.384. The molecule has 1 amide bonds. The van der Waals surface area contributed by atoms with Gasteiger partial charge in [0.2, 0.25) is 0 Å². The number of hydrogen-bond donors (Lipinski definition) is 1. The average molecular weight is 423 g/mol. The third-order valence-corrected chi connectivity index (χ3v) is 6.70. The Morgan fingerprint density at radius 1 is 0.871 bits per heavy atom. The first-order valence-electron chi connectivity index (χ1n) is 11.4. The third kappa shape index (κ3) is 5.50.